The van der Waals surface area contributed by atoms with Crippen molar-refractivity contribution in [1.29, 1.82) is 0 Å². The molecule has 0 aliphatic rings. The average molecular weight is 196 g/mol. The average Bonchev–Trinajstić information content (AvgIpc) is 2.04. The minimum atomic E-state index is -0.832. The van der Waals surface area contributed by atoms with Crippen molar-refractivity contribution in [3.05, 3.63) is 35.9 Å². The number of carbonyl (C=O) groups is 1. The molecule has 0 spiro atoms. The lowest BCUT2D eigenvalue weighted by Crippen LogP contribution is -2.18. The fraction of sp³-hybridized carbons (Fsp3) is 0.300. The summed E-state index contributed by atoms with van der Waals surface area (Å²) in [5.74, 6) is -0.832. The Hall–Kier alpha value is -0.960. The van der Waals surface area contributed by atoms with Crippen molar-refractivity contribution >= 4 is 18.6 Å². The Morgan fingerprint density at radius 3 is 2.46 bits per heavy atom. The van der Waals surface area contributed by atoms with Gasteiger partial charge in [0.05, 0.1) is 6.42 Å². The van der Waals surface area contributed by atoms with E-state index in [1.165, 1.54) is 0 Å². The second-order valence-electron chi connectivity index (χ2n) is 3.21. The van der Waals surface area contributed by atoms with E-state index in [9.17, 15) is 4.79 Å². The first-order valence-corrected chi connectivity index (χ1v) is 4.47. The molecule has 0 bridgehead atoms. The number of aliphatic carboxylic acids is 1. The molecule has 1 unspecified atom stereocenters. The van der Waals surface area contributed by atoms with E-state index in [0.717, 1.165) is 5.56 Å². The van der Waals surface area contributed by atoms with Gasteiger partial charge in [-0.1, -0.05) is 30.3 Å². The number of carboxylic acid groups (broad SMARTS) is 1. The van der Waals surface area contributed by atoms with Crippen LogP contribution in [0.1, 0.15) is 18.9 Å². The summed E-state index contributed by atoms with van der Waals surface area (Å²) in [7, 11) is 0. The van der Waals surface area contributed by atoms with Crippen molar-refractivity contribution in [3.63, 3.8) is 0 Å². The smallest absolute Gasteiger partial charge is 0.305 e. The van der Waals surface area contributed by atoms with Crippen molar-refractivity contribution in [3.8, 4) is 0 Å². The van der Waals surface area contributed by atoms with Gasteiger partial charge in [0.15, 0.2) is 0 Å². The summed E-state index contributed by atoms with van der Waals surface area (Å²) in [5.41, 5.74) is 0.931. The standard InChI is InChI=1S/C10H12O2S/c1-10(13,7-9(11)12)8-5-3-2-4-6-8/h2-6,13H,7H2,1H3,(H,11,12). The van der Waals surface area contributed by atoms with Gasteiger partial charge in [-0.15, -0.1) is 0 Å². The highest BCUT2D eigenvalue weighted by atomic mass is 32.1. The van der Waals surface area contributed by atoms with Gasteiger partial charge in [-0.05, 0) is 12.5 Å². The first-order valence-electron chi connectivity index (χ1n) is 4.02. The molecule has 0 heterocycles. The van der Waals surface area contributed by atoms with Crippen LogP contribution in [0.5, 0.6) is 0 Å². The van der Waals surface area contributed by atoms with Crippen LogP contribution < -0.4 is 0 Å². The normalized spacial score (nSPS) is 14.9. The van der Waals surface area contributed by atoms with Gasteiger partial charge in [0.25, 0.3) is 0 Å². The number of carboxylic acids is 1. The molecule has 70 valence electrons. The van der Waals surface area contributed by atoms with Crippen LogP contribution in [0.15, 0.2) is 30.3 Å². The maximum absolute atomic E-state index is 10.5. The zero-order valence-corrected chi connectivity index (χ0v) is 8.29. The zero-order valence-electron chi connectivity index (χ0n) is 7.40. The zero-order chi connectivity index (χ0) is 9.90. The van der Waals surface area contributed by atoms with E-state index < -0.39 is 10.7 Å². The Morgan fingerprint density at radius 2 is 2.00 bits per heavy atom. The van der Waals surface area contributed by atoms with E-state index in [2.05, 4.69) is 12.6 Å². The molecule has 0 fully saturated rings. The third-order valence-corrected chi connectivity index (χ3v) is 2.31. The van der Waals surface area contributed by atoms with Crippen molar-refractivity contribution in [2.24, 2.45) is 0 Å². The summed E-state index contributed by atoms with van der Waals surface area (Å²) < 4.78 is -0.590. The number of hydrogen-bond acceptors (Lipinski definition) is 2. The lowest BCUT2D eigenvalue weighted by atomic mass is 9.97. The number of thiol groups is 1. The molecule has 0 aliphatic heterocycles. The maximum atomic E-state index is 10.5. The quantitative estimate of drug-likeness (QED) is 0.728. The Balaban J connectivity index is 2.87. The van der Waals surface area contributed by atoms with Gasteiger partial charge in [-0.25, -0.2) is 0 Å². The van der Waals surface area contributed by atoms with Crippen LogP contribution in [0.4, 0.5) is 0 Å². The lowest BCUT2D eigenvalue weighted by Gasteiger charge is -2.21. The van der Waals surface area contributed by atoms with Gasteiger partial charge >= 0.3 is 5.97 Å². The molecule has 0 radical (unpaired) electrons. The van der Waals surface area contributed by atoms with Gasteiger partial charge in [0, 0.05) is 4.75 Å². The molecule has 2 nitrogen and oxygen atoms in total. The second kappa shape index (κ2) is 3.83. The summed E-state index contributed by atoms with van der Waals surface area (Å²) in [6, 6.07) is 9.43. The van der Waals surface area contributed by atoms with E-state index in [-0.39, 0.29) is 6.42 Å². The molecule has 0 saturated heterocycles. The third kappa shape index (κ3) is 2.77. The van der Waals surface area contributed by atoms with Crippen LogP contribution in [-0.2, 0) is 9.54 Å². The van der Waals surface area contributed by atoms with Crippen molar-refractivity contribution in [2.75, 3.05) is 0 Å². The highest BCUT2D eigenvalue weighted by molar-refractivity contribution is 7.81. The molecule has 1 rings (SSSR count). The summed E-state index contributed by atoms with van der Waals surface area (Å²) in [6.45, 7) is 1.81. The summed E-state index contributed by atoms with van der Waals surface area (Å²) in [6.07, 6.45) is 0.0279. The minimum absolute atomic E-state index is 0.0279. The summed E-state index contributed by atoms with van der Waals surface area (Å²) in [4.78, 5) is 10.5. The van der Waals surface area contributed by atoms with E-state index in [1.807, 2.05) is 30.3 Å². The van der Waals surface area contributed by atoms with Crippen LogP contribution in [0.3, 0.4) is 0 Å². The van der Waals surface area contributed by atoms with Gasteiger partial charge < -0.3 is 5.11 Å². The van der Waals surface area contributed by atoms with Gasteiger partial charge in [-0.2, -0.15) is 12.6 Å². The van der Waals surface area contributed by atoms with Crippen LogP contribution in [0, 0.1) is 0 Å². The molecule has 0 aliphatic carbocycles. The largest absolute Gasteiger partial charge is 0.481 e. The maximum Gasteiger partial charge on any atom is 0.305 e. The fourth-order valence-corrected chi connectivity index (χ4v) is 1.48. The molecule has 13 heavy (non-hydrogen) atoms. The molecule has 1 aromatic carbocycles. The SMILES string of the molecule is CC(S)(CC(=O)O)c1ccccc1. The highest BCUT2D eigenvalue weighted by Crippen LogP contribution is 2.31. The van der Waals surface area contributed by atoms with Crippen molar-refractivity contribution in [1.82, 2.24) is 0 Å². The number of benzene rings is 1. The predicted octanol–water partition coefficient (Wildman–Crippen LogP) is 2.31. The van der Waals surface area contributed by atoms with Gasteiger partial charge in [-0.3, -0.25) is 4.79 Å². The van der Waals surface area contributed by atoms with Crippen LogP contribution in [0.2, 0.25) is 0 Å². The van der Waals surface area contributed by atoms with Crippen LogP contribution >= 0.6 is 12.6 Å². The Morgan fingerprint density at radius 1 is 1.46 bits per heavy atom. The molecule has 1 atom stereocenters. The minimum Gasteiger partial charge on any atom is -0.481 e. The highest BCUT2D eigenvalue weighted by Gasteiger charge is 2.24. The molecule has 0 aromatic heterocycles. The summed E-state index contributed by atoms with van der Waals surface area (Å²) >= 11 is 4.33. The molecule has 1 N–H and O–H groups in total. The molecule has 3 heteroatoms. The Kier molecular flexibility index (Phi) is 2.98. The van der Waals surface area contributed by atoms with Gasteiger partial charge in [0.2, 0.25) is 0 Å². The molecule has 0 saturated carbocycles. The molecule has 0 amide bonds. The lowest BCUT2D eigenvalue weighted by molar-refractivity contribution is -0.137. The van der Waals surface area contributed by atoms with E-state index >= 15 is 0 Å². The first-order chi connectivity index (χ1) is 6.02. The Labute approximate surface area is 83.0 Å². The predicted molar refractivity (Wildman–Crippen MR) is 55.0 cm³/mol. The van der Waals surface area contributed by atoms with Gasteiger partial charge in [0.1, 0.15) is 0 Å². The monoisotopic (exact) mass is 196 g/mol. The number of rotatable bonds is 3. The topological polar surface area (TPSA) is 37.3 Å². The van der Waals surface area contributed by atoms with E-state index in [4.69, 9.17) is 5.11 Å². The first kappa shape index (κ1) is 10.1. The Bertz CT molecular complexity index is 293. The summed E-state index contributed by atoms with van der Waals surface area (Å²) in [5, 5.41) is 8.66. The van der Waals surface area contributed by atoms with Crippen LogP contribution in [-0.4, -0.2) is 11.1 Å². The number of hydrogen-bond donors (Lipinski definition) is 2. The fourth-order valence-electron chi connectivity index (χ4n) is 1.19. The van der Waals surface area contributed by atoms with Crippen molar-refractivity contribution < 1.29 is 9.90 Å². The molecule has 1 aromatic rings. The van der Waals surface area contributed by atoms with E-state index in [0.29, 0.717) is 0 Å². The van der Waals surface area contributed by atoms with Crippen LogP contribution in [0.25, 0.3) is 0 Å². The molecular weight excluding hydrogens is 184 g/mol. The molecular formula is C10H12O2S. The van der Waals surface area contributed by atoms with Crippen molar-refractivity contribution in [2.45, 2.75) is 18.1 Å². The second-order valence-corrected chi connectivity index (χ2v) is 4.20. The third-order valence-electron chi connectivity index (χ3n) is 1.89. The van der Waals surface area contributed by atoms with E-state index in [1.54, 1.807) is 6.92 Å².